The zero-order valence-electron chi connectivity index (χ0n) is 13.0. The summed E-state index contributed by atoms with van der Waals surface area (Å²) >= 11 is 0. The Balaban J connectivity index is 4.47. The van der Waals surface area contributed by atoms with Gasteiger partial charge in [-0.1, -0.05) is 83.2 Å². The predicted octanol–water partition coefficient (Wildman–Crippen LogP) is 5.73. The quantitative estimate of drug-likeness (QED) is 0.312. The normalized spacial score (nSPS) is 12.6. The third-order valence-corrected chi connectivity index (χ3v) is 4.79. The third kappa shape index (κ3) is 9.30. The molecule has 0 aliphatic carbocycles. The molecule has 0 amide bonds. The molecule has 102 valence electrons. The lowest BCUT2D eigenvalue weighted by Crippen LogP contribution is -2.23. The first-order chi connectivity index (χ1) is 8.52. The van der Waals surface area contributed by atoms with Crippen LogP contribution in [0.25, 0.3) is 0 Å². The highest BCUT2D eigenvalue weighted by molar-refractivity contribution is 6.84. The van der Waals surface area contributed by atoms with E-state index in [1.54, 1.807) is 0 Å². The van der Waals surface area contributed by atoms with Gasteiger partial charge in [0, 0.05) is 0 Å². The van der Waals surface area contributed by atoms with Gasteiger partial charge in [-0.3, -0.25) is 0 Å². The second-order valence-corrected chi connectivity index (χ2v) is 10.9. The molecule has 0 nitrogen and oxygen atoms in total. The van der Waals surface area contributed by atoms with Crippen molar-refractivity contribution in [1.82, 2.24) is 0 Å². The highest BCUT2D eigenvalue weighted by atomic mass is 28.3. The Bertz CT molecular complexity index is 318. The van der Waals surface area contributed by atoms with Gasteiger partial charge < -0.3 is 0 Å². The van der Waals surface area contributed by atoms with Crippen molar-refractivity contribution in [3.8, 4) is 11.8 Å². The van der Waals surface area contributed by atoms with Crippen LogP contribution < -0.4 is 0 Å². The Morgan fingerprint density at radius 3 is 2.17 bits per heavy atom. The zero-order chi connectivity index (χ0) is 13.9. The van der Waals surface area contributed by atoms with Gasteiger partial charge in [0.25, 0.3) is 0 Å². The van der Waals surface area contributed by atoms with Crippen LogP contribution in [0.5, 0.6) is 0 Å². The Labute approximate surface area is 116 Å². The molecule has 0 rings (SSSR count). The van der Waals surface area contributed by atoms with Crippen LogP contribution >= 0.6 is 0 Å². The van der Waals surface area contributed by atoms with E-state index in [1.807, 2.05) is 6.08 Å². The number of unbranched alkanes of at least 4 members (excludes halogenated alkanes) is 4. The van der Waals surface area contributed by atoms with Gasteiger partial charge in [-0.15, -0.1) is 0 Å². The molecule has 0 heterocycles. The SMILES string of the molecule is CCCC/C=C(/C#C/C=C/CCCC)[Si](C)(C)C. The van der Waals surface area contributed by atoms with Crippen molar-refractivity contribution < 1.29 is 0 Å². The fraction of sp³-hybridized carbons (Fsp3) is 0.647. The summed E-state index contributed by atoms with van der Waals surface area (Å²) in [5, 5.41) is 1.41. The first-order valence-corrected chi connectivity index (χ1v) is 10.9. The van der Waals surface area contributed by atoms with Crippen LogP contribution in [0, 0.1) is 11.8 Å². The second kappa shape index (κ2) is 10.2. The monoisotopic (exact) mass is 262 g/mol. The van der Waals surface area contributed by atoms with Crippen LogP contribution in [0.15, 0.2) is 23.4 Å². The summed E-state index contributed by atoms with van der Waals surface area (Å²) in [4.78, 5) is 0. The maximum Gasteiger partial charge on any atom is 0.0880 e. The first-order valence-electron chi connectivity index (χ1n) is 7.39. The van der Waals surface area contributed by atoms with Crippen molar-refractivity contribution in [2.24, 2.45) is 0 Å². The third-order valence-electron chi connectivity index (χ3n) is 2.85. The van der Waals surface area contributed by atoms with E-state index in [2.05, 4.69) is 57.5 Å². The number of rotatable bonds is 7. The molecule has 0 aromatic rings. The molecule has 0 aliphatic rings. The molecule has 0 spiro atoms. The second-order valence-electron chi connectivity index (χ2n) is 5.82. The van der Waals surface area contributed by atoms with E-state index in [0.717, 1.165) is 6.42 Å². The fourth-order valence-corrected chi connectivity index (χ4v) is 2.78. The molecule has 0 atom stereocenters. The van der Waals surface area contributed by atoms with E-state index in [4.69, 9.17) is 0 Å². The van der Waals surface area contributed by atoms with Gasteiger partial charge in [0.05, 0.1) is 8.07 Å². The summed E-state index contributed by atoms with van der Waals surface area (Å²) in [6.45, 7) is 11.6. The minimum Gasteiger partial charge on any atom is -0.0771 e. The topological polar surface area (TPSA) is 0 Å². The van der Waals surface area contributed by atoms with Gasteiger partial charge in [0.1, 0.15) is 0 Å². The molecule has 1 heteroatoms. The van der Waals surface area contributed by atoms with Crippen LogP contribution in [0.2, 0.25) is 19.6 Å². The number of hydrogen-bond acceptors (Lipinski definition) is 0. The molecule has 0 N–H and O–H groups in total. The molecule has 0 aliphatic heterocycles. The van der Waals surface area contributed by atoms with Gasteiger partial charge >= 0.3 is 0 Å². The Morgan fingerprint density at radius 2 is 1.61 bits per heavy atom. The van der Waals surface area contributed by atoms with Crippen LogP contribution in [0.4, 0.5) is 0 Å². The molecule has 0 bridgehead atoms. The summed E-state index contributed by atoms with van der Waals surface area (Å²) < 4.78 is 0. The Morgan fingerprint density at radius 1 is 1.00 bits per heavy atom. The molecule has 0 unspecified atom stereocenters. The maximum atomic E-state index is 3.38. The van der Waals surface area contributed by atoms with E-state index in [1.165, 1.54) is 37.3 Å². The van der Waals surface area contributed by atoms with E-state index in [9.17, 15) is 0 Å². The average Bonchev–Trinajstić information content (AvgIpc) is 2.30. The van der Waals surface area contributed by atoms with Crippen LogP contribution in [-0.2, 0) is 0 Å². The van der Waals surface area contributed by atoms with Gasteiger partial charge in [-0.25, -0.2) is 0 Å². The van der Waals surface area contributed by atoms with Gasteiger partial charge in [-0.2, -0.15) is 0 Å². The molecule has 0 saturated carbocycles. The molecule has 18 heavy (non-hydrogen) atoms. The molecule has 0 aromatic heterocycles. The van der Waals surface area contributed by atoms with Crippen LogP contribution in [-0.4, -0.2) is 8.07 Å². The molecule has 0 saturated heterocycles. The molecular formula is C17H30Si. The van der Waals surface area contributed by atoms with Gasteiger partial charge in [-0.05, 0) is 24.1 Å². The summed E-state index contributed by atoms with van der Waals surface area (Å²) in [6.07, 6.45) is 14.0. The van der Waals surface area contributed by atoms with Crippen molar-refractivity contribution in [2.75, 3.05) is 0 Å². The van der Waals surface area contributed by atoms with Crippen molar-refractivity contribution >= 4 is 8.07 Å². The molecule has 0 fully saturated rings. The predicted molar refractivity (Wildman–Crippen MR) is 87.4 cm³/mol. The lowest BCUT2D eigenvalue weighted by molar-refractivity contribution is 0.814. The van der Waals surface area contributed by atoms with E-state index >= 15 is 0 Å². The lowest BCUT2D eigenvalue weighted by Gasteiger charge is -2.15. The zero-order valence-corrected chi connectivity index (χ0v) is 14.0. The minimum atomic E-state index is -1.26. The van der Waals surface area contributed by atoms with Crippen molar-refractivity contribution in [3.05, 3.63) is 23.4 Å². The van der Waals surface area contributed by atoms with Crippen molar-refractivity contribution in [3.63, 3.8) is 0 Å². The molecule has 0 radical (unpaired) electrons. The van der Waals surface area contributed by atoms with Crippen LogP contribution in [0.3, 0.4) is 0 Å². The standard InChI is InChI=1S/C17H30Si/c1-6-8-10-11-12-14-16-17(18(3,4)5)15-13-9-7-2/h11-12,15H,6-10,13H2,1-5H3/b12-11+,17-15-. The average molecular weight is 263 g/mol. The number of allylic oxidation sites excluding steroid dienone is 4. The van der Waals surface area contributed by atoms with Crippen LogP contribution in [0.1, 0.15) is 52.4 Å². The van der Waals surface area contributed by atoms with Crippen molar-refractivity contribution in [1.29, 1.82) is 0 Å². The smallest absolute Gasteiger partial charge is 0.0771 e. The van der Waals surface area contributed by atoms with Gasteiger partial charge in [0.2, 0.25) is 0 Å². The van der Waals surface area contributed by atoms with E-state index in [0.29, 0.717) is 0 Å². The largest absolute Gasteiger partial charge is 0.0880 e. The highest BCUT2D eigenvalue weighted by Crippen LogP contribution is 2.15. The lowest BCUT2D eigenvalue weighted by atomic mass is 10.2. The minimum absolute atomic E-state index is 1.16. The summed E-state index contributed by atoms with van der Waals surface area (Å²) in [5.41, 5.74) is 0. The maximum absolute atomic E-state index is 3.38. The first kappa shape index (κ1) is 17.3. The van der Waals surface area contributed by atoms with E-state index < -0.39 is 8.07 Å². The Kier molecular flexibility index (Phi) is 9.78. The summed E-state index contributed by atoms with van der Waals surface area (Å²) in [6, 6.07) is 0. The number of hydrogen-bond donors (Lipinski definition) is 0. The molecular weight excluding hydrogens is 232 g/mol. The Hall–Kier alpha value is -0.743. The summed E-state index contributed by atoms with van der Waals surface area (Å²) in [7, 11) is -1.26. The van der Waals surface area contributed by atoms with Crippen molar-refractivity contribution in [2.45, 2.75) is 72.0 Å². The summed E-state index contributed by atoms with van der Waals surface area (Å²) in [5.74, 6) is 6.60. The highest BCUT2D eigenvalue weighted by Gasteiger charge is 2.17. The molecule has 0 aromatic carbocycles. The van der Waals surface area contributed by atoms with Gasteiger partial charge in [0.15, 0.2) is 0 Å². The fourth-order valence-electron chi connectivity index (χ4n) is 1.58. The van der Waals surface area contributed by atoms with E-state index in [-0.39, 0.29) is 0 Å².